The summed E-state index contributed by atoms with van der Waals surface area (Å²) in [5.41, 5.74) is 4.40. The summed E-state index contributed by atoms with van der Waals surface area (Å²) in [7, 11) is 0. The number of hydrogen-bond acceptors (Lipinski definition) is 4. The lowest BCUT2D eigenvalue weighted by Gasteiger charge is -2.11. The molecule has 0 saturated heterocycles. The van der Waals surface area contributed by atoms with Crippen LogP contribution >= 0.6 is 0 Å². The maximum atomic E-state index is 8.74. The van der Waals surface area contributed by atoms with Gasteiger partial charge in [-0.25, -0.2) is 15.0 Å². The Morgan fingerprint density at radius 2 is 1.00 bits per heavy atom. The fourth-order valence-electron chi connectivity index (χ4n) is 5.87. The molecule has 0 amide bonds. The average molecular weight is 612 g/mol. The monoisotopic (exact) mass is 611 g/mol. The van der Waals surface area contributed by atoms with Crippen molar-refractivity contribution in [1.29, 1.82) is 0 Å². The third kappa shape index (κ3) is 4.93. The Labute approximate surface area is 285 Å². The molecular formula is C43H27N3O. The summed E-state index contributed by atoms with van der Waals surface area (Å²) in [6, 6.07) is 27.6. The maximum Gasteiger partial charge on any atom is 0.164 e. The third-order valence-corrected chi connectivity index (χ3v) is 8.10. The lowest BCUT2D eigenvalue weighted by Crippen LogP contribution is -2.00. The summed E-state index contributed by atoms with van der Waals surface area (Å²) in [5.74, 6) is -0.727. The highest BCUT2D eigenvalue weighted by Gasteiger charge is 2.19. The molecule has 0 aliphatic heterocycles. The summed E-state index contributed by atoms with van der Waals surface area (Å²) < 4.78 is 91.0. The molecule has 9 aromatic rings. The molecule has 0 spiro atoms. The van der Waals surface area contributed by atoms with E-state index in [2.05, 4.69) is 35.3 Å². The quantitative estimate of drug-likeness (QED) is 0.194. The van der Waals surface area contributed by atoms with E-state index in [1.54, 1.807) is 0 Å². The van der Waals surface area contributed by atoms with Crippen LogP contribution in [0.5, 0.6) is 0 Å². The summed E-state index contributed by atoms with van der Waals surface area (Å²) in [4.78, 5) is 13.9. The molecule has 4 heteroatoms. The first kappa shape index (κ1) is 18.5. The van der Waals surface area contributed by atoms with Gasteiger partial charge >= 0.3 is 0 Å². The number of nitrogens with zero attached hydrogens (tertiary/aromatic N) is 3. The van der Waals surface area contributed by atoms with Crippen LogP contribution in [0.1, 0.15) is 13.7 Å². The highest BCUT2D eigenvalue weighted by atomic mass is 16.3. The number of aromatic nitrogens is 3. The Morgan fingerprint density at radius 1 is 0.426 bits per heavy atom. The summed E-state index contributed by atoms with van der Waals surface area (Å²) >= 11 is 0. The van der Waals surface area contributed by atoms with Gasteiger partial charge in [-0.05, 0) is 57.3 Å². The van der Waals surface area contributed by atoms with E-state index in [-0.39, 0.29) is 28.6 Å². The van der Waals surface area contributed by atoms with Crippen LogP contribution in [0.3, 0.4) is 0 Å². The minimum absolute atomic E-state index is 0.0418. The van der Waals surface area contributed by atoms with Gasteiger partial charge in [0.25, 0.3) is 0 Å². The standard InChI is InChI=1S/C43H27N3O/c1-3-12-31(13-4-1)41-44-42(32-14-5-2-6-15-32)46-43(45-41)37-26-35(27-39-40(37)36-17-9-10-18-38(36)47-39)30-21-19-29(20-22-30)34-24-23-28-11-7-8-16-33(28)25-34/h1-27H/i1D,2D,3D,4D,5D,6D,12D,13D,14D,15D. The van der Waals surface area contributed by atoms with Crippen molar-refractivity contribution in [2.75, 3.05) is 0 Å². The Balaban J connectivity index is 1.31. The first-order valence-electron chi connectivity index (χ1n) is 19.9. The van der Waals surface area contributed by atoms with E-state index in [4.69, 9.17) is 28.1 Å². The summed E-state index contributed by atoms with van der Waals surface area (Å²) in [6.07, 6.45) is 0. The molecule has 0 N–H and O–H groups in total. The zero-order valence-corrected chi connectivity index (χ0v) is 24.6. The van der Waals surface area contributed by atoms with Crippen LogP contribution < -0.4 is 0 Å². The van der Waals surface area contributed by atoms with E-state index in [0.717, 1.165) is 38.4 Å². The topological polar surface area (TPSA) is 51.8 Å². The van der Waals surface area contributed by atoms with Crippen LogP contribution in [0.15, 0.2) is 168 Å². The number of hydrogen-bond donors (Lipinski definition) is 0. The number of benzene rings is 7. The second kappa shape index (κ2) is 11.2. The first-order valence-corrected chi connectivity index (χ1v) is 14.9. The van der Waals surface area contributed by atoms with Gasteiger partial charge in [-0.15, -0.1) is 0 Å². The van der Waals surface area contributed by atoms with Crippen LogP contribution in [0.4, 0.5) is 0 Å². The van der Waals surface area contributed by atoms with Gasteiger partial charge < -0.3 is 4.42 Å². The highest BCUT2D eigenvalue weighted by Crippen LogP contribution is 2.40. The van der Waals surface area contributed by atoms with Crippen molar-refractivity contribution in [1.82, 2.24) is 15.0 Å². The molecule has 2 heterocycles. The normalized spacial score (nSPS) is 14.4. The highest BCUT2D eigenvalue weighted by molar-refractivity contribution is 6.13. The van der Waals surface area contributed by atoms with Crippen molar-refractivity contribution in [3.63, 3.8) is 0 Å². The van der Waals surface area contributed by atoms with Crippen molar-refractivity contribution >= 4 is 32.7 Å². The average Bonchev–Trinajstić information content (AvgIpc) is 3.62. The lowest BCUT2D eigenvalue weighted by molar-refractivity contribution is 0.669. The van der Waals surface area contributed by atoms with Crippen molar-refractivity contribution in [2.45, 2.75) is 0 Å². The molecule has 0 atom stereocenters. The van der Waals surface area contributed by atoms with E-state index in [1.807, 2.05) is 72.8 Å². The minimum Gasteiger partial charge on any atom is -0.456 e. The van der Waals surface area contributed by atoms with Gasteiger partial charge in [0.15, 0.2) is 17.5 Å². The molecular weight excluding hydrogens is 574 g/mol. The Morgan fingerprint density at radius 3 is 1.70 bits per heavy atom. The summed E-state index contributed by atoms with van der Waals surface area (Å²) in [5, 5.41) is 3.59. The fourth-order valence-corrected chi connectivity index (χ4v) is 5.87. The van der Waals surface area contributed by atoms with Gasteiger partial charge in [0, 0.05) is 27.5 Å². The van der Waals surface area contributed by atoms with E-state index >= 15 is 0 Å². The minimum atomic E-state index is -0.616. The van der Waals surface area contributed by atoms with Crippen molar-refractivity contribution in [2.24, 2.45) is 0 Å². The molecule has 7 aromatic carbocycles. The van der Waals surface area contributed by atoms with E-state index in [0.29, 0.717) is 22.1 Å². The van der Waals surface area contributed by atoms with Crippen LogP contribution in [-0.2, 0) is 0 Å². The molecule has 0 unspecified atom stereocenters. The van der Waals surface area contributed by atoms with Gasteiger partial charge in [-0.1, -0.05) is 139 Å². The molecule has 0 aliphatic carbocycles. The zero-order chi connectivity index (χ0) is 39.9. The van der Waals surface area contributed by atoms with E-state index in [1.165, 1.54) is 0 Å². The van der Waals surface area contributed by atoms with Gasteiger partial charge in [0.2, 0.25) is 0 Å². The molecule has 0 saturated carbocycles. The van der Waals surface area contributed by atoms with Gasteiger partial charge in [0.05, 0.1) is 13.7 Å². The van der Waals surface area contributed by atoms with Crippen LogP contribution in [0, 0.1) is 0 Å². The number of rotatable bonds is 5. The number of furan rings is 1. The van der Waals surface area contributed by atoms with Gasteiger partial charge in [-0.2, -0.15) is 0 Å². The predicted octanol–water partition coefficient (Wildman–Crippen LogP) is 11.3. The molecule has 0 fully saturated rings. The van der Waals surface area contributed by atoms with Crippen LogP contribution in [-0.4, -0.2) is 15.0 Å². The number of para-hydroxylation sites is 1. The SMILES string of the molecule is [2H]c1c([2H])c([2H])c(-c2nc(-c3c([2H])c([2H])c([2H])c([2H])c3[2H])nc(-c3cc(-c4ccc(-c5ccc6ccccc6c5)cc4)cc4oc5ccccc5c34)n2)c([2H])c1[2H]. The summed E-state index contributed by atoms with van der Waals surface area (Å²) in [6.45, 7) is 0. The lowest BCUT2D eigenvalue weighted by atomic mass is 9.96. The Bertz CT molecular complexity index is 3000. The second-order valence-electron chi connectivity index (χ2n) is 10.9. The van der Waals surface area contributed by atoms with Crippen molar-refractivity contribution < 1.29 is 18.1 Å². The third-order valence-electron chi connectivity index (χ3n) is 8.10. The smallest absolute Gasteiger partial charge is 0.164 e. The van der Waals surface area contributed by atoms with Gasteiger partial charge in [-0.3, -0.25) is 0 Å². The Hall–Kier alpha value is -6.39. The molecule has 2 aromatic heterocycles. The first-order chi connectivity index (χ1) is 27.4. The fraction of sp³-hybridized carbons (Fsp3) is 0. The molecule has 47 heavy (non-hydrogen) atoms. The largest absolute Gasteiger partial charge is 0.456 e. The van der Waals surface area contributed by atoms with E-state index in [9.17, 15) is 0 Å². The maximum absolute atomic E-state index is 8.74. The van der Waals surface area contributed by atoms with E-state index < -0.39 is 60.4 Å². The predicted molar refractivity (Wildman–Crippen MR) is 192 cm³/mol. The Kier molecular flexibility index (Phi) is 4.42. The molecule has 9 rings (SSSR count). The molecule has 0 radical (unpaired) electrons. The molecule has 0 bridgehead atoms. The van der Waals surface area contributed by atoms with Crippen molar-refractivity contribution in [3.8, 4) is 56.4 Å². The molecule has 4 nitrogen and oxygen atoms in total. The molecule has 220 valence electrons. The van der Waals surface area contributed by atoms with Gasteiger partial charge in [0.1, 0.15) is 11.2 Å². The zero-order valence-electron chi connectivity index (χ0n) is 34.6. The number of fused-ring (bicyclic) bond motifs is 4. The van der Waals surface area contributed by atoms with Crippen LogP contribution in [0.25, 0.3) is 89.1 Å². The van der Waals surface area contributed by atoms with Crippen LogP contribution in [0.2, 0.25) is 0 Å². The molecule has 0 aliphatic rings. The second-order valence-corrected chi connectivity index (χ2v) is 10.9. The van der Waals surface area contributed by atoms with Crippen molar-refractivity contribution in [3.05, 3.63) is 164 Å².